The molecule has 1 aromatic rings. The molecule has 0 radical (unpaired) electrons. The zero-order valence-corrected chi connectivity index (χ0v) is 11.5. The third-order valence-electron chi connectivity index (χ3n) is 2.26. The van der Waals surface area contributed by atoms with E-state index in [1.165, 1.54) is 18.3 Å². The summed E-state index contributed by atoms with van der Waals surface area (Å²) in [6.07, 6.45) is -0.589. The lowest BCUT2D eigenvalue weighted by atomic mass is 10.2. The maximum Gasteiger partial charge on any atom is 0.266 e. The Bertz CT molecular complexity index is 496. The van der Waals surface area contributed by atoms with E-state index in [0.717, 1.165) is 16.7 Å². The summed E-state index contributed by atoms with van der Waals surface area (Å²) in [4.78, 5) is 28.5. The monoisotopic (exact) mass is 288 g/mol. The molecule has 0 aliphatic heterocycles. The summed E-state index contributed by atoms with van der Waals surface area (Å²) in [5.41, 5.74) is 0.724. The molecule has 0 unspecified atom stereocenters. The van der Waals surface area contributed by atoms with Crippen LogP contribution in [-0.2, 0) is 9.59 Å². The summed E-state index contributed by atoms with van der Waals surface area (Å²) in [6, 6.07) is 0. The minimum atomic E-state index is -1.76. The number of aryl methyl sites for hydroxylation is 1. The molecule has 2 amide bonds. The Morgan fingerprint density at radius 2 is 2.16 bits per heavy atom. The zero-order chi connectivity index (χ0) is 14.4. The number of anilines is 1. The van der Waals surface area contributed by atoms with Crippen LogP contribution in [0.15, 0.2) is 17.5 Å². The average Bonchev–Trinajstić information content (AvgIpc) is 2.70. The Morgan fingerprint density at radius 3 is 2.63 bits per heavy atom. The SMILES string of the molecule is CC(=O)N(C(=O)CCCC=C(F)F)c1nc(C)cs1. The molecule has 0 bridgehead atoms. The van der Waals surface area contributed by atoms with Crippen molar-refractivity contribution < 1.29 is 18.4 Å². The van der Waals surface area contributed by atoms with E-state index < -0.39 is 17.9 Å². The van der Waals surface area contributed by atoms with Gasteiger partial charge in [-0.3, -0.25) is 9.59 Å². The topological polar surface area (TPSA) is 50.3 Å². The van der Waals surface area contributed by atoms with Crippen LogP contribution in [0.25, 0.3) is 0 Å². The highest BCUT2D eigenvalue weighted by Gasteiger charge is 2.22. The van der Waals surface area contributed by atoms with Gasteiger partial charge in [0.25, 0.3) is 6.08 Å². The summed E-state index contributed by atoms with van der Waals surface area (Å²) in [6.45, 7) is 3.04. The van der Waals surface area contributed by atoms with Gasteiger partial charge >= 0.3 is 0 Å². The van der Waals surface area contributed by atoms with Crippen molar-refractivity contribution in [2.45, 2.75) is 33.1 Å². The van der Waals surface area contributed by atoms with Crippen molar-refractivity contribution in [2.24, 2.45) is 0 Å². The highest BCUT2D eigenvalue weighted by Crippen LogP contribution is 2.21. The van der Waals surface area contributed by atoms with Crippen LogP contribution in [0, 0.1) is 6.92 Å². The molecule has 19 heavy (non-hydrogen) atoms. The molecule has 0 spiro atoms. The van der Waals surface area contributed by atoms with Crippen LogP contribution in [0.1, 0.15) is 31.9 Å². The second-order valence-corrected chi connectivity index (χ2v) is 4.74. The number of unbranched alkanes of at least 4 members (excludes halogenated alkanes) is 1. The number of carbonyl (C=O) groups excluding carboxylic acids is 2. The summed E-state index contributed by atoms with van der Waals surface area (Å²) in [5.74, 6) is -0.846. The number of nitrogens with zero attached hydrogens (tertiary/aromatic N) is 2. The summed E-state index contributed by atoms with van der Waals surface area (Å²) >= 11 is 1.20. The van der Waals surface area contributed by atoms with Crippen molar-refractivity contribution in [2.75, 3.05) is 4.90 Å². The predicted molar refractivity (Wildman–Crippen MR) is 69.2 cm³/mol. The van der Waals surface area contributed by atoms with Crippen LogP contribution in [0.4, 0.5) is 13.9 Å². The fourth-order valence-corrected chi connectivity index (χ4v) is 2.30. The smallest absolute Gasteiger partial charge is 0.266 e. The van der Waals surface area contributed by atoms with Gasteiger partial charge in [-0.2, -0.15) is 8.78 Å². The number of hydrogen-bond acceptors (Lipinski definition) is 4. The largest absolute Gasteiger partial charge is 0.274 e. The first-order valence-corrected chi connectivity index (χ1v) is 6.56. The molecule has 1 rings (SSSR count). The van der Waals surface area contributed by atoms with E-state index in [1.54, 1.807) is 12.3 Å². The molecule has 0 aliphatic carbocycles. The van der Waals surface area contributed by atoms with Crippen molar-refractivity contribution in [1.82, 2.24) is 4.98 Å². The number of imide groups is 1. The van der Waals surface area contributed by atoms with Crippen LogP contribution < -0.4 is 4.90 Å². The quantitative estimate of drug-likeness (QED) is 0.781. The van der Waals surface area contributed by atoms with Gasteiger partial charge in [-0.25, -0.2) is 9.88 Å². The second-order valence-electron chi connectivity index (χ2n) is 3.91. The Labute approximate surface area is 113 Å². The lowest BCUT2D eigenvalue weighted by Crippen LogP contribution is -2.34. The van der Waals surface area contributed by atoms with E-state index >= 15 is 0 Å². The molecule has 0 saturated heterocycles. The average molecular weight is 288 g/mol. The minimum absolute atomic E-state index is 0.0297. The Morgan fingerprint density at radius 1 is 1.47 bits per heavy atom. The van der Waals surface area contributed by atoms with Crippen molar-refractivity contribution in [1.29, 1.82) is 0 Å². The molecule has 0 atom stereocenters. The van der Waals surface area contributed by atoms with Crippen LogP contribution >= 0.6 is 11.3 Å². The van der Waals surface area contributed by atoms with Gasteiger partial charge in [0.2, 0.25) is 11.8 Å². The van der Waals surface area contributed by atoms with E-state index in [2.05, 4.69) is 4.98 Å². The van der Waals surface area contributed by atoms with Crippen molar-refractivity contribution >= 4 is 28.3 Å². The molecule has 7 heteroatoms. The molecular weight excluding hydrogens is 274 g/mol. The molecule has 0 aromatic carbocycles. The molecule has 104 valence electrons. The molecule has 0 N–H and O–H groups in total. The first-order chi connectivity index (χ1) is 8.91. The van der Waals surface area contributed by atoms with E-state index in [-0.39, 0.29) is 19.3 Å². The maximum absolute atomic E-state index is 11.9. The van der Waals surface area contributed by atoms with Crippen LogP contribution in [0.5, 0.6) is 0 Å². The number of aromatic nitrogens is 1. The Hall–Kier alpha value is -1.63. The van der Waals surface area contributed by atoms with E-state index in [1.807, 2.05) is 0 Å². The number of thiazole rings is 1. The predicted octanol–water partition coefficient (Wildman–Crippen LogP) is 3.28. The fourth-order valence-electron chi connectivity index (χ4n) is 1.44. The molecule has 0 saturated carbocycles. The number of rotatable bonds is 5. The molecule has 1 heterocycles. The second kappa shape index (κ2) is 7.08. The van der Waals surface area contributed by atoms with Gasteiger partial charge < -0.3 is 0 Å². The van der Waals surface area contributed by atoms with Gasteiger partial charge in [-0.15, -0.1) is 11.3 Å². The molecule has 0 fully saturated rings. The number of hydrogen-bond donors (Lipinski definition) is 0. The number of allylic oxidation sites excluding steroid dienone is 1. The van der Waals surface area contributed by atoms with Crippen LogP contribution in [-0.4, -0.2) is 16.8 Å². The third-order valence-corrected chi connectivity index (χ3v) is 3.20. The number of amides is 2. The summed E-state index contributed by atoms with van der Waals surface area (Å²) in [5, 5.41) is 2.06. The molecule has 1 aromatic heterocycles. The van der Waals surface area contributed by atoms with Crippen molar-refractivity contribution in [3.05, 3.63) is 23.2 Å². The zero-order valence-electron chi connectivity index (χ0n) is 10.7. The Balaban J connectivity index is 2.65. The lowest BCUT2D eigenvalue weighted by molar-refractivity contribution is -0.125. The standard InChI is InChI=1S/C12H14F2N2O2S/c1-8-7-19-12(15-8)16(9(2)17)11(18)6-4-3-5-10(13)14/h5,7H,3-4,6H2,1-2H3. The van der Waals surface area contributed by atoms with E-state index in [0.29, 0.717) is 5.13 Å². The summed E-state index contributed by atoms with van der Waals surface area (Å²) in [7, 11) is 0. The summed E-state index contributed by atoms with van der Waals surface area (Å²) < 4.78 is 23.6. The molecular formula is C12H14F2N2O2S. The normalized spacial score (nSPS) is 10.1. The third kappa shape index (κ3) is 4.86. The van der Waals surface area contributed by atoms with Gasteiger partial charge in [0.1, 0.15) is 0 Å². The highest BCUT2D eigenvalue weighted by molar-refractivity contribution is 7.14. The fraction of sp³-hybridized carbons (Fsp3) is 0.417. The van der Waals surface area contributed by atoms with Gasteiger partial charge in [-0.1, -0.05) is 0 Å². The lowest BCUT2D eigenvalue weighted by Gasteiger charge is -2.15. The number of halogens is 2. The van der Waals surface area contributed by atoms with Crippen molar-refractivity contribution in [3.8, 4) is 0 Å². The van der Waals surface area contributed by atoms with E-state index in [4.69, 9.17) is 0 Å². The minimum Gasteiger partial charge on any atom is -0.274 e. The first-order valence-electron chi connectivity index (χ1n) is 5.68. The van der Waals surface area contributed by atoms with Gasteiger partial charge in [0, 0.05) is 18.7 Å². The van der Waals surface area contributed by atoms with Gasteiger partial charge in [0.15, 0.2) is 5.13 Å². The van der Waals surface area contributed by atoms with Crippen LogP contribution in [0.2, 0.25) is 0 Å². The van der Waals surface area contributed by atoms with Gasteiger partial charge in [0.05, 0.1) is 5.69 Å². The van der Waals surface area contributed by atoms with Crippen LogP contribution in [0.3, 0.4) is 0 Å². The first kappa shape index (κ1) is 15.4. The molecule has 0 aliphatic rings. The van der Waals surface area contributed by atoms with E-state index in [9.17, 15) is 18.4 Å². The maximum atomic E-state index is 11.9. The highest BCUT2D eigenvalue weighted by atomic mass is 32.1. The number of carbonyl (C=O) groups is 2. The van der Waals surface area contributed by atoms with Crippen molar-refractivity contribution in [3.63, 3.8) is 0 Å². The Kier molecular flexibility index (Phi) is 5.75. The van der Waals surface area contributed by atoms with Gasteiger partial charge in [-0.05, 0) is 25.8 Å². The molecule has 4 nitrogen and oxygen atoms in total.